The number of hydrogen-bond acceptors (Lipinski definition) is 8. The van der Waals surface area contributed by atoms with E-state index in [1.165, 1.54) is 103 Å². The van der Waals surface area contributed by atoms with Gasteiger partial charge in [-0.3, -0.25) is 9.59 Å². The van der Waals surface area contributed by atoms with Crippen LogP contribution in [0.3, 0.4) is 0 Å². The number of esters is 2. The molecule has 2 atom stereocenters. The summed E-state index contributed by atoms with van der Waals surface area (Å²) in [5.74, 6) is -2.33. The van der Waals surface area contributed by atoms with Gasteiger partial charge in [0.05, 0.1) is 40.3 Å². The monoisotopic (exact) mass is 966 g/mol. The number of nitrogens with zero attached hydrogens (tertiary/aromatic N) is 1. The van der Waals surface area contributed by atoms with Crippen LogP contribution in [0.1, 0.15) is 219 Å². The van der Waals surface area contributed by atoms with Crippen molar-refractivity contribution in [2.45, 2.75) is 232 Å². The first-order valence-corrected chi connectivity index (χ1v) is 27.7. The van der Waals surface area contributed by atoms with E-state index in [-0.39, 0.29) is 38.6 Å². The van der Waals surface area contributed by atoms with Gasteiger partial charge >= 0.3 is 11.9 Å². The molecule has 0 amide bonds. The molecule has 0 fully saturated rings. The van der Waals surface area contributed by atoms with E-state index >= 15 is 0 Å². The van der Waals surface area contributed by atoms with Crippen molar-refractivity contribution in [2.24, 2.45) is 0 Å². The number of quaternary nitrogens is 1. The minimum atomic E-state index is -1.63. The van der Waals surface area contributed by atoms with Crippen molar-refractivity contribution < 1.29 is 42.9 Å². The number of allylic oxidation sites excluding steroid dienone is 14. The number of aliphatic carboxylic acids is 1. The van der Waals surface area contributed by atoms with E-state index in [2.05, 4.69) is 98.9 Å². The van der Waals surface area contributed by atoms with Crippen LogP contribution in [-0.2, 0) is 33.3 Å². The fourth-order valence-electron chi connectivity index (χ4n) is 7.40. The molecular formula is C60H103NO8. The number of unbranched alkanes of at least 4 members (excludes halogenated alkanes) is 21. The van der Waals surface area contributed by atoms with E-state index in [0.717, 1.165) is 83.5 Å². The van der Waals surface area contributed by atoms with Gasteiger partial charge in [-0.05, 0) is 70.6 Å². The summed E-state index contributed by atoms with van der Waals surface area (Å²) in [4.78, 5) is 37.2. The highest BCUT2D eigenvalue weighted by atomic mass is 16.7. The maximum Gasteiger partial charge on any atom is 0.306 e. The van der Waals surface area contributed by atoms with Crippen LogP contribution in [0.2, 0.25) is 0 Å². The van der Waals surface area contributed by atoms with E-state index in [1.54, 1.807) is 0 Å². The Morgan fingerprint density at radius 3 is 1.23 bits per heavy atom. The Kier molecular flexibility index (Phi) is 48.2. The van der Waals surface area contributed by atoms with Gasteiger partial charge in [-0.1, -0.05) is 221 Å². The highest BCUT2D eigenvalue weighted by Gasteiger charge is 2.22. The van der Waals surface area contributed by atoms with Crippen molar-refractivity contribution >= 4 is 17.9 Å². The quantitative estimate of drug-likeness (QED) is 0.0195. The number of carbonyl (C=O) groups is 3. The molecule has 2 unspecified atom stereocenters. The normalized spacial score (nSPS) is 13.5. The van der Waals surface area contributed by atoms with Crippen LogP contribution in [0.5, 0.6) is 0 Å². The lowest BCUT2D eigenvalue weighted by atomic mass is 10.0. The second-order valence-corrected chi connectivity index (χ2v) is 19.5. The average molecular weight is 966 g/mol. The number of likely N-dealkylation sites (N-methyl/N-ethyl adjacent to an activating group) is 1. The average Bonchev–Trinajstić information content (AvgIpc) is 3.31. The van der Waals surface area contributed by atoms with Crippen molar-refractivity contribution in [1.29, 1.82) is 0 Å². The highest BCUT2D eigenvalue weighted by molar-refractivity contribution is 5.70. The first-order valence-electron chi connectivity index (χ1n) is 27.7. The molecule has 0 saturated heterocycles. The van der Waals surface area contributed by atoms with E-state index < -0.39 is 24.3 Å². The van der Waals surface area contributed by atoms with Crippen LogP contribution in [-0.4, -0.2) is 82.3 Å². The Hall–Kier alpha value is -3.53. The standard InChI is InChI=1S/C60H103NO8/c1-6-8-10-12-14-16-18-20-22-24-26-27-28-29-30-31-33-35-37-39-41-43-45-47-49-51-58(63)69-56(55-68-60(59(64)65)66-53-52-61(3,4)5)54-67-57(62)50-48-46-44-42-40-38-36-34-32-25-23-21-19-17-15-13-11-9-7-2/h8,10,14,16,20,22,26-27,29-30,33,35,39,41,56,60H,6-7,9,11-13,15,17-19,21,23-25,28,31-32,34,36-38,40,42-55H2,1-5H3/b10-8-,16-14-,22-20-,27-26-,30-29-,35-33-,41-39-. The fourth-order valence-corrected chi connectivity index (χ4v) is 7.40. The maximum absolute atomic E-state index is 12.8. The van der Waals surface area contributed by atoms with Crippen molar-refractivity contribution in [2.75, 3.05) is 47.5 Å². The summed E-state index contributed by atoms with van der Waals surface area (Å²) in [7, 11) is 5.90. The summed E-state index contributed by atoms with van der Waals surface area (Å²) in [5.41, 5.74) is 0. The molecule has 9 heteroatoms. The van der Waals surface area contributed by atoms with Gasteiger partial charge in [0.2, 0.25) is 0 Å². The van der Waals surface area contributed by atoms with Gasteiger partial charge in [-0.25, -0.2) is 0 Å². The van der Waals surface area contributed by atoms with Gasteiger partial charge in [-0.2, -0.15) is 0 Å². The predicted molar refractivity (Wildman–Crippen MR) is 288 cm³/mol. The molecule has 0 saturated carbocycles. The van der Waals surface area contributed by atoms with Crippen LogP contribution in [0, 0.1) is 0 Å². The third-order valence-electron chi connectivity index (χ3n) is 11.7. The second kappa shape index (κ2) is 50.8. The molecule has 0 radical (unpaired) electrons. The summed E-state index contributed by atoms with van der Waals surface area (Å²) in [6.45, 7) is 4.60. The Labute approximate surface area is 423 Å². The Morgan fingerprint density at radius 1 is 0.449 bits per heavy atom. The van der Waals surface area contributed by atoms with E-state index in [1.807, 2.05) is 21.1 Å². The third-order valence-corrected chi connectivity index (χ3v) is 11.7. The minimum absolute atomic E-state index is 0.138. The largest absolute Gasteiger partial charge is 0.545 e. The number of carbonyl (C=O) groups excluding carboxylic acids is 3. The van der Waals surface area contributed by atoms with Crippen LogP contribution in [0.4, 0.5) is 0 Å². The molecule has 69 heavy (non-hydrogen) atoms. The van der Waals surface area contributed by atoms with Gasteiger partial charge in [0.25, 0.3) is 0 Å². The topological polar surface area (TPSA) is 111 Å². The molecule has 9 nitrogen and oxygen atoms in total. The van der Waals surface area contributed by atoms with Gasteiger partial charge in [0, 0.05) is 12.8 Å². The molecule has 0 aliphatic heterocycles. The van der Waals surface area contributed by atoms with Crippen molar-refractivity contribution in [1.82, 2.24) is 0 Å². The summed E-state index contributed by atoms with van der Waals surface area (Å²) in [5, 5.41) is 11.8. The number of hydrogen-bond donors (Lipinski definition) is 0. The molecule has 0 aliphatic carbocycles. The van der Waals surface area contributed by atoms with Crippen LogP contribution in [0.15, 0.2) is 85.1 Å². The first-order chi connectivity index (χ1) is 33.6. The maximum atomic E-state index is 12.8. The van der Waals surface area contributed by atoms with Crippen LogP contribution in [0.25, 0.3) is 0 Å². The van der Waals surface area contributed by atoms with Gasteiger partial charge < -0.3 is 33.3 Å². The summed E-state index contributed by atoms with van der Waals surface area (Å²) in [6, 6.07) is 0. The molecular weight excluding hydrogens is 863 g/mol. The van der Waals surface area contributed by atoms with Crippen molar-refractivity contribution in [3.63, 3.8) is 0 Å². The van der Waals surface area contributed by atoms with E-state index in [4.69, 9.17) is 18.9 Å². The molecule has 0 aromatic rings. The minimum Gasteiger partial charge on any atom is -0.545 e. The Morgan fingerprint density at radius 2 is 0.826 bits per heavy atom. The molecule has 0 aliphatic rings. The third kappa shape index (κ3) is 52.1. The molecule has 0 aromatic carbocycles. The van der Waals surface area contributed by atoms with E-state index in [0.29, 0.717) is 17.4 Å². The SMILES string of the molecule is CC/C=C\C/C=C\C/C=C\C/C=C\C/C=C\C/C=C\C/C=C\CCCCCC(=O)OC(COC(=O)CCCCCCCCCCCCCCCCCCCCC)COC(OCC[N+](C)(C)C)C(=O)[O-]. The Bertz CT molecular complexity index is 1400. The summed E-state index contributed by atoms with van der Waals surface area (Å²) in [6.07, 6.45) is 63.4. The fraction of sp³-hybridized carbons (Fsp3) is 0.717. The molecule has 0 heterocycles. The molecule has 0 aromatic heterocycles. The van der Waals surface area contributed by atoms with Crippen LogP contribution < -0.4 is 5.11 Å². The zero-order valence-corrected chi connectivity index (χ0v) is 44.9. The summed E-state index contributed by atoms with van der Waals surface area (Å²) < 4.78 is 22.6. The van der Waals surface area contributed by atoms with Gasteiger partial charge in [-0.15, -0.1) is 0 Å². The second-order valence-electron chi connectivity index (χ2n) is 19.5. The highest BCUT2D eigenvalue weighted by Crippen LogP contribution is 2.16. The predicted octanol–water partition coefficient (Wildman–Crippen LogP) is 14.7. The molecule has 0 rings (SSSR count). The number of carboxylic acid groups (broad SMARTS) is 1. The zero-order valence-electron chi connectivity index (χ0n) is 44.9. The lowest BCUT2D eigenvalue weighted by molar-refractivity contribution is -0.870. The zero-order chi connectivity index (χ0) is 50.6. The number of ether oxygens (including phenoxy) is 4. The number of rotatable bonds is 50. The molecule has 0 bridgehead atoms. The lowest BCUT2D eigenvalue weighted by Gasteiger charge is -2.26. The molecule has 396 valence electrons. The Balaban J connectivity index is 4.38. The van der Waals surface area contributed by atoms with Crippen molar-refractivity contribution in [3.8, 4) is 0 Å². The molecule has 0 N–H and O–H groups in total. The molecule has 0 spiro atoms. The van der Waals surface area contributed by atoms with Crippen LogP contribution >= 0.6 is 0 Å². The van der Waals surface area contributed by atoms with Gasteiger partial charge in [0.15, 0.2) is 12.4 Å². The van der Waals surface area contributed by atoms with E-state index in [9.17, 15) is 19.5 Å². The summed E-state index contributed by atoms with van der Waals surface area (Å²) >= 11 is 0. The van der Waals surface area contributed by atoms with Gasteiger partial charge in [0.1, 0.15) is 13.2 Å². The lowest BCUT2D eigenvalue weighted by Crippen LogP contribution is -2.44. The number of carboxylic acids is 1. The smallest absolute Gasteiger partial charge is 0.306 e. The first kappa shape index (κ1) is 65.5. The van der Waals surface area contributed by atoms with Crippen molar-refractivity contribution in [3.05, 3.63) is 85.1 Å².